The van der Waals surface area contributed by atoms with E-state index in [1.165, 1.54) is 12.8 Å². The van der Waals surface area contributed by atoms with Crippen molar-refractivity contribution in [3.8, 4) is 11.5 Å². The summed E-state index contributed by atoms with van der Waals surface area (Å²) < 4.78 is 11.0. The zero-order valence-corrected chi connectivity index (χ0v) is 12.2. The molecule has 4 heteroatoms. The van der Waals surface area contributed by atoms with Crippen molar-refractivity contribution >= 4 is 0 Å². The molecule has 0 aliphatic heterocycles. The SMILES string of the molecule is COCc1cccc(Oc2ccnc(CNC3CC3)c2)c1. The molecular weight excluding hydrogens is 264 g/mol. The van der Waals surface area contributed by atoms with Crippen molar-refractivity contribution in [2.75, 3.05) is 7.11 Å². The van der Waals surface area contributed by atoms with Crippen LogP contribution in [0, 0.1) is 0 Å². The van der Waals surface area contributed by atoms with E-state index in [4.69, 9.17) is 9.47 Å². The minimum absolute atomic E-state index is 0.587. The van der Waals surface area contributed by atoms with Gasteiger partial charge in [0.05, 0.1) is 12.3 Å². The Labute approximate surface area is 125 Å². The number of aromatic nitrogens is 1. The molecule has 1 aromatic carbocycles. The van der Waals surface area contributed by atoms with E-state index in [-0.39, 0.29) is 0 Å². The predicted octanol–water partition coefficient (Wildman–Crippen LogP) is 3.27. The van der Waals surface area contributed by atoms with Crippen molar-refractivity contribution in [3.63, 3.8) is 0 Å². The first-order chi connectivity index (χ1) is 10.3. The standard InChI is InChI=1S/C17H20N2O2/c1-20-12-13-3-2-4-16(9-13)21-17-7-8-18-15(10-17)11-19-14-5-6-14/h2-4,7-10,14,19H,5-6,11-12H2,1H3. The molecule has 1 N–H and O–H groups in total. The summed E-state index contributed by atoms with van der Waals surface area (Å²) in [7, 11) is 1.69. The average Bonchev–Trinajstić information content (AvgIpc) is 3.31. The summed E-state index contributed by atoms with van der Waals surface area (Å²) in [6.07, 6.45) is 4.35. The number of rotatable bonds is 7. The molecule has 21 heavy (non-hydrogen) atoms. The van der Waals surface area contributed by atoms with Crippen LogP contribution in [-0.2, 0) is 17.9 Å². The molecule has 1 aromatic heterocycles. The van der Waals surface area contributed by atoms with Crippen molar-refractivity contribution < 1.29 is 9.47 Å². The highest BCUT2D eigenvalue weighted by molar-refractivity contribution is 5.34. The van der Waals surface area contributed by atoms with E-state index in [0.717, 1.165) is 29.3 Å². The fourth-order valence-corrected chi connectivity index (χ4v) is 2.15. The molecule has 1 heterocycles. The lowest BCUT2D eigenvalue weighted by atomic mass is 10.2. The minimum atomic E-state index is 0.587. The first-order valence-electron chi connectivity index (χ1n) is 7.27. The fraction of sp³-hybridized carbons (Fsp3) is 0.353. The van der Waals surface area contributed by atoms with Gasteiger partial charge in [0.15, 0.2) is 0 Å². The Morgan fingerprint density at radius 2 is 2.05 bits per heavy atom. The number of nitrogens with one attached hydrogen (secondary N) is 1. The molecule has 0 radical (unpaired) electrons. The maximum atomic E-state index is 5.91. The number of methoxy groups -OCH3 is 1. The number of hydrogen-bond donors (Lipinski definition) is 1. The van der Waals surface area contributed by atoms with Crippen LogP contribution >= 0.6 is 0 Å². The second-order valence-electron chi connectivity index (χ2n) is 5.32. The Kier molecular flexibility index (Phi) is 4.48. The highest BCUT2D eigenvalue weighted by Crippen LogP contribution is 2.23. The van der Waals surface area contributed by atoms with Gasteiger partial charge in [-0.1, -0.05) is 12.1 Å². The molecule has 0 atom stereocenters. The second kappa shape index (κ2) is 6.70. The van der Waals surface area contributed by atoms with Gasteiger partial charge >= 0.3 is 0 Å². The Hall–Kier alpha value is -1.91. The van der Waals surface area contributed by atoms with Crippen molar-refractivity contribution in [1.29, 1.82) is 0 Å². The third-order valence-electron chi connectivity index (χ3n) is 3.38. The lowest BCUT2D eigenvalue weighted by Crippen LogP contribution is -2.16. The molecule has 3 rings (SSSR count). The normalized spacial score (nSPS) is 14.1. The zero-order valence-electron chi connectivity index (χ0n) is 12.2. The molecule has 0 spiro atoms. The van der Waals surface area contributed by atoms with Crippen molar-refractivity contribution in [2.24, 2.45) is 0 Å². The molecule has 0 bridgehead atoms. The van der Waals surface area contributed by atoms with Gasteiger partial charge in [-0.15, -0.1) is 0 Å². The highest BCUT2D eigenvalue weighted by atomic mass is 16.5. The Balaban J connectivity index is 1.65. The van der Waals surface area contributed by atoms with Crippen LogP contribution in [-0.4, -0.2) is 18.1 Å². The van der Waals surface area contributed by atoms with Crippen LogP contribution in [0.5, 0.6) is 11.5 Å². The van der Waals surface area contributed by atoms with Crippen LogP contribution < -0.4 is 10.1 Å². The number of hydrogen-bond acceptors (Lipinski definition) is 4. The molecule has 2 aromatic rings. The minimum Gasteiger partial charge on any atom is -0.457 e. The molecule has 4 nitrogen and oxygen atoms in total. The van der Waals surface area contributed by atoms with Gasteiger partial charge in [0.1, 0.15) is 11.5 Å². The molecule has 0 saturated heterocycles. The maximum Gasteiger partial charge on any atom is 0.130 e. The van der Waals surface area contributed by atoms with E-state index < -0.39 is 0 Å². The van der Waals surface area contributed by atoms with Crippen LogP contribution in [0.2, 0.25) is 0 Å². The van der Waals surface area contributed by atoms with Gasteiger partial charge in [-0.3, -0.25) is 4.98 Å². The van der Waals surface area contributed by atoms with Gasteiger partial charge in [0.25, 0.3) is 0 Å². The average molecular weight is 284 g/mol. The summed E-state index contributed by atoms with van der Waals surface area (Å²) in [5, 5.41) is 3.46. The van der Waals surface area contributed by atoms with E-state index in [1.807, 2.05) is 36.4 Å². The van der Waals surface area contributed by atoms with Crippen LogP contribution in [0.1, 0.15) is 24.1 Å². The van der Waals surface area contributed by atoms with Crippen molar-refractivity contribution in [2.45, 2.75) is 32.0 Å². The van der Waals surface area contributed by atoms with Gasteiger partial charge in [0.2, 0.25) is 0 Å². The van der Waals surface area contributed by atoms with Crippen LogP contribution in [0.4, 0.5) is 0 Å². The molecule has 110 valence electrons. The Morgan fingerprint density at radius 1 is 1.19 bits per heavy atom. The Morgan fingerprint density at radius 3 is 2.86 bits per heavy atom. The summed E-state index contributed by atoms with van der Waals surface area (Å²) in [4.78, 5) is 4.37. The summed E-state index contributed by atoms with van der Waals surface area (Å²) >= 11 is 0. The maximum absolute atomic E-state index is 5.91. The lowest BCUT2D eigenvalue weighted by molar-refractivity contribution is 0.184. The molecule has 1 fully saturated rings. The third-order valence-corrected chi connectivity index (χ3v) is 3.38. The second-order valence-corrected chi connectivity index (χ2v) is 5.32. The van der Waals surface area contributed by atoms with Crippen LogP contribution in [0.3, 0.4) is 0 Å². The monoisotopic (exact) mass is 284 g/mol. The van der Waals surface area contributed by atoms with Gasteiger partial charge in [0, 0.05) is 32.0 Å². The number of ether oxygens (including phenoxy) is 2. The van der Waals surface area contributed by atoms with Gasteiger partial charge in [-0.25, -0.2) is 0 Å². The lowest BCUT2D eigenvalue weighted by Gasteiger charge is -2.09. The van der Waals surface area contributed by atoms with Crippen LogP contribution in [0.25, 0.3) is 0 Å². The molecular formula is C17H20N2O2. The molecule has 1 saturated carbocycles. The van der Waals surface area contributed by atoms with E-state index >= 15 is 0 Å². The van der Waals surface area contributed by atoms with Gasteiger partial charge in [-0.05, 0) is 36.6 Å². The smallest absolute Gasteiger partial charge is 0.130 e. The number of nitrogens with zero attached hydrogens (tertiary/aromatic N) is 1. The van der Waals surface area contributed by atoms with Gasteiger partial charge < -0.3 is 14.8 Å². The summed E-state index contributed by atoms with van der Waals surface area (Å²) in [5.74, 6) is 1.63. The molecule has 1 aliphatic carbocycles. The van der Waals surface area contributed by atoms with Crippen LogP contribution in [0.15, 0.2) is 42.6 Å². The summed E-state index contributed by atoms with van der Waals surface area (Å²) in [6, 6.07) is 12.5. The number of benzene rings is 1. The fourth-order valence-electron chi connectivity index (χ4n) is 2.15. The van der Waals surface area contributed by atoms with Gasteiger partial charge in [-0.2, -0.15) is 0 Å². The van der Waals surface area contributed by atoms with Crippen molar-refractivity contribution in [3.05, 3.63) is 53.9 Å². The third kappa shape index (κ3) is 4.28. The predicted molar refractivity (Wildman–Crippen MR) is 81.3 cm³/mol. The summed E-state index contributed by atoms with van der Waals surface area (Å²) in [6.45, 7) is 1.38. The van der Waals surface area contributed by atoms with E-state index in [1.54, 1.807) is 13.3 Å². The van der Waals surface area contributed by atoms with Crippen molar-refractivity contribution in [1.82, 2.24) is 10.3 Å². The highest BCUT2D eigenvalue weighted by Gasteiger charge is 2.20. The molecule has 1 aliphatic rings. The number of pyridine rings is 1. The molecule has 0 amide bonds. The van der Waals surface area contributed by atoms with E-state index in [9.17, 15) is 0 Å². The first kappa shape index (κ1) is 14.0. The summed E-state index contributed by atoms with van der Waals surface area (Å²) in [5.41, 5.74) is 2.10. The quantitative estimate of drug-likeness (QED) is 0.847. The first-order valence-corrected chi connectivity index (χ1v) is 7.27. The molecule has 0 unspecified atom stereocenters. The zero-order chi connectivity index (χ0) is 14.5. The Bertz CT molecular complexity index is 597. The largest absolute Gasteiger partial charge is 0.457 e. The van der Waals surface area contributed by atoms with E-state index in [0.29, 0.717) is 12.6 Å². The topological polar surface area (TPSA) is 43.4 Å². The van der Waals surface area contributed by atoms with E-state index in [2.05, 4.69) is 10.3 Å².